The standard InChI is InChI=1S/C18H33N3/c1-5-7-15-8-10-16(11-9-15)18(19-4)13-17-12-14(3)20-21(17)6-2/h12,15-16,18-19H,5-11,13H2,1-4H3. The van der Waals surface area contributed by atoms with Crippen molar-refractivity contribution in [2.45, 2.75) is 78.3 Å². The molecule has 2 rings (SSSR count). The van der Waals surface area contributed by atoms with E-state index in [0.717, 1.165) is 30.5 Å². The van der Waals surface area contributed by atoms with Gasteiger partial charge >= 0.3 is 0 Å². The van der Waals surface area contributed by atoms with Crippen molar-refractivity contribution < 1.29 is 0 Å². The molecule has 0 saturated heterocycles. The fourth-order valence-corrected chi connectivity index (χ4v) is 4.05. The molecule has 1 N–H and O–H groups in total. The van der Waals surface area contributed by atoms with Crippen molar-refractivity contribution in [2.24, 2.45) is 11.8 Å². The van der Waals surface area contributed by atoms with Crippen LogP contribution in [0.1, 0.15) is 63.8 Å². The molecule has 1 saturated carbocycles. The molecule has 1 unspecified atom stereocenters. The van der Waals surface area contributed by atoms with Gasteiger partial charge in [-0.05, 0) is 51.6 Å². The van der Waals surface area contributed by atoms with E-state index in [9.17, 15) is 0 Å². The van der Waals surface area contributed by atoms with Crippen molar-refractivity contribution in [2.75, 3.05) is 7.05 Å². The lowest BCUT2D eigenvalue weighted by Gasteiger charge is -2.34. The minimum Gasteiger partial charge on any atom is -0.316 e. The Morgan fingerprint density at radius 2 is 2.00 bits per heavy atom. The smallest absolute Gasteiger partial charge is 0.0596 e. The predicted octanol–water partition coefficient (Wildman–Crippen LogP) is 3.95. The third-order valence-corrected chi connectivity index (χ3v) is 5.24. The summed E-state index contributed by atoms with van der Waals surface area (Å²) in [4.78, 5) is 0. The molecule has 0 radical (unpaired) electrons. The van der Waals surface area contributed by atoms with Gasteiger partial charge in [-0.1, -0.05) is 32.6 Å². The van der Waals surface area contributed by atoms with Crippen LogP contribution >= 0.6 is 0 Å². The van der Waals surface area contributed by atoms with Crippen LogP contribution < -0.4 is 5.32 Å². The molecule has 0 bridgehead atoms. The molecule has 1 aliphatic rings. The lowest BCUT2D eigenvalue weighted by Crippen LogP contribution is -2.38. The molecule has 0 aliphatic heterocycles. The summed E-state index contributed by atoms with van der Waals surface area (Å²) in [6.07, 6.45) is 9.56. The van der Waals surface area contributed by atoms with Crippen LogP contribution in [0.25, 0.3) is 0 Å². The first-order valence-corrected chi connectivity index (χ1v) is 8.88. The summed E-state index contributed by atoms with van der Waals surface area (Å²) in [6, 6.07) is 2.87. The molecule has 1 atom stereocenters. The molecule has 1 heterocycles. The largest absolute Gasteiger partial charge is 0.316 e. The first kappa shape index (κ1) is 16.5. The van der Waals surface area contributed by atoms with E-state index in [0.29, 0.717) is 6.04 Å². The van der Waals surface area contributed by atoms with Crippen LogP contribution in [0.5, 0.6) is 0 Å². The van der Waals surface area contributed by atoms with Crippen LogP contribution in [0.4, 0.5) is 0 Å². The highest BCUT2D eigenvalue weighted by molar-refractivity contribution is 5.11. The van der Waals surface area contributed by atoms with E-state index >= 15 is 0 Å². The predicted molar refractivity (Wildman–Crippen MR) is 89.5 cm³/mol. The Labute approximate surface area is 130 Å². The molecule has 0 amide bonds. The maximum absolute atomic E-state index is 4.59. The van der Waals surface area contributed by atoms with Crippen molar-refractivity contribution in [3.8, 4) is 0 Å². The van der Waals surface area contributed by atoms with E-state index in [1.165, 1.54) is 44.2 Å². The van der Waals surface area contributed by atoms with E-state index in [1.807, 2.05) is 0 Å². The molecular weight excluding hydrogens is 258 g/mol. The topological polar surface area (TPSA) is 29.9 Å². The second kappa shape index (κ2) is 7.98. The summed E-state index contributed by atoms with van der Waals surface area (Å²) in [7, 11) is 2.13. The van der Waals surface area contributed by atoms with E-state index in [4.69, 9.17) is 0 Å². The monoisotopic (exact) mass is 291 g/mol. The Balaban J connectivity index is 1.94. The molecule has 1 aromatic rings. The highest BCUT2D eigenvalue weighted by atomic mass is 15.3. The zero-order valence-corrected chi connectivity index (χ0v) is 14.4. The van der Waals surface area contributed by atoms with Gasteiger partial charge in [0.1, 0.15) is 0 Å². The molecule has 3 heteroatoms. The van der Waals surface area contributed by atoms with Crippen LogP contribution in [0, 0.1) is 18.8 Å². The molecule has 0 spiro atoms. The van der Waals surface area contributed by atoms with Crippen LogP contribution in [-0.2, 0) is 13.0 Å². The molecular formula is C18H33N3. The number of nitrogens with zero attached hydrogens (tertiary/aromatic N) is 2. The van der Waals surface area contributed by atoms with E-state index < -0.39 is 0 Å². The number of aromatic nitrogens is 2. The Hall–Kier alpha value is -0.830. The Bertz CT molecular complexity index is 416. The quantitative estimate of drug-likeness (QED) is 0.824. The van der Waals surface area contributed by atoms with Gasteiger partial charge in [0.25, 0.3) is 0 Å². The zero-order chi connectivity index (χ0) is 15.2. The molecule has 21 heavy (non-hydrogen) atoms. The summed E-state index contributed by atoms with van der Waals surface area (Å²) in [5.41, 5.74) is 2.54. The van der Waals surface area contributed by atoms with Gasteiger partial charge < -0.3 is 5.32 Å². The minimum absolute atomic E-state index is 0.606. The van der Waals surface area contributed by atoms with Crippen LogP contribution in [0.2, 0.25) is 0 Å². The van der Waals surface area contributed by atoms with Crippen molar-refractivity contribution in [1.29, 1.82) is 0 Å². The minimum atomic E-state index is 0.606. The van der Waals surface area contributed by atoms with Crippen molar-refractivity contribution in [3.63, 3.8) is 0 Å². The van der Waals surface area contributed by atoms with Gasteiger partial charge in [-0.25, -0.2) is 0 Å². The van der Waals surface area contributed by atoms with Gasteiger partial charge in [0.05, 0.1) is 5.69 Å². The summed E-state index contributed by atoms with van der Waals surface area (Å²) in [5, 5.41) is 8.17. The number of nitrogens with one attached hydrogen (secondary N) is 1. The van der Waals surface area contributed by atoms with Crippen molar-refractivity contribution in [3.05, 3.63) is 17.5 Å². The Morgan fingerprint density at radius 1 is 1.29 bits per heavy atom. The highest BCUT2D eigenvalue weighted by Crippen LogP contribution is 2.34. The SMILES string of the molecule is CCCC1CCC(C(Cc2cc(C)nn2CC)NC)CC1. The third-order valence-electron chi connectivity index (χ3n) is 5.24. The number of hydrogen-bond acceptors (Lipinski definition) is 2. The summed E-state index contributed by atoms with van der Waals surface area (Å²) in [5.74, 6) is 1.83. The second-order valence-corrected chi connectivity index (χ2v) is 6.76. The fourth-order valence-electron chi connectivity index (χ4n) is 4.05. The van der Waals surface area contributed by atoms with E-state index in [1.54, 1.807) is 0 Å². The maximum Gasteiger partial charge on any atom is 0.0596 e. The summed E-state index contributed by atoms with van der Waals surface area (Å²) >= 11 is 0. The highest BCUT2D eigenvalue weighted by Gasteiger charge is 2.27. The lowest BCUT2D eigenvalue weighted by molar-refractivity contribution is 0.216. The third kappa shape index (κ3) is 4.32. The normalized spacial score (nSPS) is 24.2. The Kier molecular flexibility index (Phi) is 6.28. The number of hydrogen-bond donors (Lipinski definition) is 1. The first-order chi connectivity index (χ1) is 10.2. The van der Waals surface area contributed by atoms with Gasteiger partial charge in [0.2, 0.25) is 0 Å². The van der Waals surface area contributed by atoms with Gasteiger partial charge in [-0.2, -0.15) is 5.10 Å². The lowest BCUT2D eigenvalue weighted by atomic mass is 9.76. The van der Waals surface area contributed by atoms with Gasteiger partial charge in [0.15, 0.2) is 0 Å². The fraction of sp³-hybridized carbons (Fsp3) is 0.833. The number of rotatable bonds is 7. The van der Waals surface area contributed by atoms with Crippen molar-refractivity contribution >= 4 is 0 Å². The zero-order valence-electron chi connectivity index (χ0n) is 14.4. The molecule has 1 aliphatic carbocycles. The molecule has 120 valence electrons. The maximum atomic E-state index is 4.59. The molecule has 3 nitrogen and oxygen atoms in total. The van der Waals surface area contributed by atoms with E-state index in [-0.39, 0.29) is 0 Å². The van der Waals surface area contributed by atoms with E-state index in [2.05, 4.69) is 49.0 Å². The van der Waals surface area contributed by atoms with Gasteiger partial charge in [-0.15, -0.1) is 0 Å². The molecule has 1 aromatic heterocycles. The van der Waals surface area contributed by atoms with Crippen LogP contribution in [0.3, 0.4) is 0 Å². The average Bonchev–Trinajstić information content (AvgIpc) is 2.86. The molecule has 0 aromatic carbocycles. The van der Waals surface area contributed by atoms with Crippen LogP contribution in [0.15, 0.2) is 6.07 Å². The Morgan fingerprint density at radius 3 is 2.57 bits per heavy atom. The molecule has 1 fully saturated rings. The number of aryl methyl sites for hydroxylation is 2. The second-order valence-electron chi connectivity index (χ2n) is 6.76. The van der Waals surface area contributed by atoms with Crippen LogP contribution in [-0.4, -0.2) is 22.9 Å². The number of likely N-dealkylation sites (N-methyl/N-ethyl adjacent to an activating group) is 1. The van der Waals surface area contributed by atoms with Gasteiger partial charge in [-0.3, -0.25) is 4.68 Å². The summed E-state index contributed by atoms with van der Waals surface area (Å²) in [6.45, 7) is 7.57. The first-order valence-electron chi connectivity index (χ1n) is 8.88. The average molecular weight is 291 g/mol. The van der Waals surface area contributed by atoms with Crippen molar-refractivity contribution in [1.82, 2.24) is 15.1 Å². The van der Waals surface area contributed by atoms with Gasteiger partial charge in [0, 0.05) is 24.7 Å². The summed E-state index contributed by atoms with van der Waals surface area (Å²) < 4.78 is 2.17.